The van der Waals surface area contributed by atoms with Gasteiger partial charge in [-0.15, -0.1) is 0 Å². The van der Waals surface area contributed by atoms with Gasteiger partial charge in [0, 0.05) is 19.6 Å². The van der Waals surface area contributed by atoms with E-state index in [1.165, 1.54) is 89.9 Å². The number of esters is 1. The molecule has 0 aromatic rings. The van der Waals surface area contributed by atoms with Gasteiger partial charge in [0.25, 0.3) is 0 Å². The molecule has 0 heterocycles. The first kappa shape index (κ1) is 36.3. The van der Waals surface area contributed by atoms with E-state index >= 15 is 0 Å². The second-order valence-corrected chi connectivity index (χ2v) is 10.1. The van der Waals surface area contributed by atoms with Gasteiger partial charge in [0.05, 0.1) is 46.2 Å². The normalized spacial score (nSPS) is 11.3. The molecule has 0 unspecified atom stereocenters. The lowest BCUT2D eigenvalue weighted by Gasteiger charge is -2.08. The Bertz CT molecular complexity index is 432. The molecule has 6 heteroatoms. The number of carbonyl (C=O) groups excluding carboxylic acids is 1. The molecule has 0 saturated carbocycles. The van der Waals surface area contributed by atoms with Crippen LogP contribution in [0.5, 0.6) is 0 Å². The van der Waals surface area contributed by atoms with E-state index in [0.717, 1.165) is 25.9 Å². The van der Waals surface area contributed by atoms with Crippen LogP contribution in [0.4, 0.5) is 0 Å². The van der Waals surface area contributed by atoms with Gasteiger partial charge in [-0.1, -0.05) is 110 Å². The fourth-order valence-corrected chi connectivity index (χ4v) is 4.09. The van der Waals surface area contributed by atoms with Crippen LogP contribution in [-0.2, 0) is 28.5 Å². The summed E-state index contributed by atoms with van der Waals surface area (Å²) in [7, 11) is 0. The Morgan fingerprint density at radius 1 is 0.378 bits per heavy atom. The van der Waals surface area contributed by atoms with Crippen LogP contribution in [0.25, 0.3) is 0 Å². The lowest BCUT2D eigenvalue weighted by atomic mass is 10.1. The number of hydrogen-bond donors (Lipinski definition) is 0. The van der Waals surface area contributed by atoms with Gasteiger partial charge in [-0.2, -0.15) is 0 Å². The molecule has 0 rings (SSSR count). The molecule has 0 N–H and O–H groups in total. The second-order valence-electron chi connectivity index (χ2n) is 10.1. The Morgan fingerprint density at radius 2 is 0.703 bits per heavy atom. The molecular weight excluding hydrogens is 468 g/mol. The fraction of sp³-hybridized carbons (Fsp3) is 0.968. The van der Waals surface area contributed by atoms with Crippen LogP contribution in [0, 0.1) is 0 Å². The maximum absolute atomic E-state index is 11.7. The molecule has 37 heavy (non-hydrogen) atoms. The standard InChI is InChI=1S/C31H62O6/c1-3-5-7-9-11-12-13-15-16-18-22-33-25-27-35-29-30-36-28-26-34-23-20-21-31(32)37-24-19-17-14-10-8-6-4-2/h3-30H2,1-2H3. The summed E-state index contributed by atoms with van der Waals surface area (Å²) >= 11 is 0. The minimum atomic E-state index is -0.115. The van der Waals surface area contributed by atoms with Gasteiger partial charge in [0.1, 0.15) is 0 Å². The van der Waals surface area contributed by atoms with Crippen molar-refractivity contribution < 1.29 is 28.5 Å². The van der Waals surface area contributed by atoms with Gasteiger partial charge in [0.15, 0.2) is 0 Å². The molecule has 0 bridgehead atoms. The molecule has 0 aromatic heterocycles. The predicted octanol–water partition coefficient (Wildman–Crippen LogP) is 8.05. The first-order chi connectivity index (χ1) is 18.3. The van der Waals surface area contributed by atoms with E-state index in [2.05, 4.69) is 13.8 Å². The zero-order valence-corrected chi connectivity index (χ0v) is 24.7. The van der Waals surface area contributed by atoms with Gasteiger partial charge < -0.3 is 23.7 Å². The molecule has 0 spiro atoms. The molecule has 0 aliphatic rings. The van der Waals surface area contributed by atoms with Crippen LogP contribution in [0.2, 0.25) is 0 Å². The minimum Gasteiger partial charge on any atom is -0.466 e. The van der Waals surface area contributed by atoms with Crippen molar-refractivity contribution in [3.8, 4) is 0 Å². The molecule has 0 fully saturated rings. The zero-order valence-electron chi connectivity index (χ0n) is 24.7. The highest BCUT2D eigenvalue weighted by Crippen LogP contribution is 2.10. The monoisotopic (exact) mass is 530 g/mol. The predicted molar refractivity (Wildman–Crippen MR) is 153 cm³/mol. The quantitative estimate of drug-likeness (QED) is 0.0647. The van der Waals surface area contributed by atoms with E-state index in [9.17, 15) is 4.79 Å². The summed E-state index contributed by atoms with van der Waals surface area (Å²) in [6.07, 6.45) is 23.2. The number of rotatable bonds is 32. The van der Waals surface area contributed by atoms with Gasteiger partial charge >= 0.3 is 5.97 Å². The minimum absolute atomic E-state index is 0.115. The Morgan fingerprint density at radius 3 is 1.14 bits per heavy atom. The van der Waals surface area contributed by atoms with Crippen molar-refractivity contribution >= 4 is 5.97 Å². The summed E-state index contributed by atoms with van der Waals surface area (Å²) < 4.78 is 27.5. The molecule has 0 saturated heterocycles. The Hall–Kier alpha value is -0.690. The van der Waals surface area contributed by atoms with Crippen molar-refractivity contribution in [3.63, 3.8) is 0 Å². The summed E-state index contributed by atoms with van der Waals surface area (Å²) in [5.74, 6) is -0.115. The Balaban J connectivity index is 3.10. The van der Waals surface area contributed by atoms with Crippen molar-refractivity contribution in [2.24, 2.45) is 0 Å². The third-order valence-corrected chi connectivity index (χ3v) is 6.44. The molecule has 0 aromatic carbocycles. The summed E-state index contributed by atoms with van der Waals surface area (Å²) in [4.78, 5) is 11.7. The lowest BCUT2D eigenvalue weighted by Crippen LogP contribution is -2.12. The smallest absolute Gasteiger partial charge is 0.305 e. The van der Waals surface area contributed by atoms with Gasteiger partial charge in [0.2, 0.25) is 0 Å². The third-order valence-electron chi connectivity index (χ3n) is 6.44. The average Bonchev–Trinajstić information content (AvgIpc) is 2.90. The summed E-state index contributed by atoms with van der Waals surface area (Å²) in [6.45, 7) is 9.94. The molecule has 0 aliphatic heterocycles. The van der Waals surface area contributed by atoms with Crippen molar-refractivity contribution in [3.05, 3.63) is 0 Å². The van der Waals surface area contributed by atoms with Crippen LogP contribution >= 0.6 is 0 Å². The van der Waals surface area contributed by atoms with Crippen molar-refractivity contribution in [2.75, 3.05) is 59.5 Å². The van der Waals surface area contributed by atoms with E-state index < -0.39 is 0 Å². The van der Waals surface area contributed by atoms with E-state index in [-0.39, 0.29) is 5.97 Å². The van der Waals surface area contributed by atoms with E-state index in [4.69, 9.17) is 23.7 Å². The highest BCUT2D eigenvalue weighted by molar-refractivity contribution is 5.69. The van der Waals surface area contributed by atoms with Crippen molar-refractivity contribution in [1.82, 2.24) is 0 Å². The lowest BCUT2D eigenvalue weighted by molar-refractivity contribution is -0.144. The topological polar surface area (TPSA) is 63.2 Å². The molecular formula is C31H62O6. The van der Waals surface area contributed by atoms with Crippen LogP contribution in [0.15, 0.2) is 0 Å². The van der Waals surface area contributed by atoms with E-state index in [0.29, 0.717) is 65.7 Å². The second kappa shape index (κ2) is 33.3. The summed E-state index contributed by atoms with van der Waals surface area (Å²) in [5.41, 5.74) is 0. The van der Waals surface area contributed by atoms with Crippen molar-refractivity contribution in [1.29, 1.82) is 0 Å². The highest BCUT2D eigenvalue weighted by atomic mass is 16.6. The molecule has 0 amide bonds. The largest absolute Gasteiger partial charge is 0.466 e. The van der Waals surface area contributed by atoms with Crippen LogP contribution in [0.1, 0.15) is 136 Å². The zero-order chi connectivity index (χ0) is 26.9. The molecule has 0 radical (unpaired) electrons. The first-order valence-electron chi connectivity index (χ1n) is 15.8. The molecule has 0 atom stereocenters. The van der Waals surface area contributed by atoms with Gasteiger partial charge in [-0.25, -0.2) is 0 Å². The van der Waals surface area contributed by atoms with Gasteiger partial charge in [-0.3, -0.25) is 4.79 Å². The Kier molecular flexibility index (Phi) is 32.7. The van der Waals surface area contributed by atoms with Crippen LogP contribution in [0.3, 0.4) is 0 Å². The maximum Gasteiger partial charge on any atom is 0.305 e. The summed E-state index contributed by atoms with van der Waals surface area (Å²) in [6, 6.07) is 0. The highest BCUT2D eigenvalue weighted by Gasteiger charge is 2.02. The number of ether oxygens (including phenoxy) is 5. The van der Waals surface area contributed by atoms with Gasteiger partial charge in [-0.05, 0) is 19.3 Å². The van der Waals surface area contributed by atoms with Crippen molar-refractivity contribution in [2.45, 2.75) is 136 Å². The van der Waals surface area contributed by atoms with Crippen LogP contribution < -0.4 is 0 Å². The molecule has 0 aliphatic carbocycles. The number of carbonyl (C=O) groups is 1. The number of unbranched alkanes of at least 4 members (excludes halogenated alkanes) is 15. The van der Waals surface area contributed by atoms with Crippen LogP contribution in [-0.4, -0.2) is 65.4 Å². The molecule has 6 nitrogen and oxygen atoms in total. The van der Waals surface area contributed by atoms with E-state index in [1.807, 2.05) is 0 Å². The Labute approximate surface area is 229 Å². The first-order valence-corrected chi connectivity index (χ1v) is 15.8. The fourth-order valence-electron chi connectivity index (χ4n) is 4.09. The van der Waals surface area contributed by atoms with E-state index in [1.54, 1.807) is 0 Å². The number of hydrogen-bond acceptors (Lipinski definition) is 6. The third kappa shape index (κ3) is 33.3. The average molecular weight is 531 g/mol. The summed E-state index contributed by atoms with van der Waals surface area (Å²) in [5, 5.41) is 0. The maximum atomic E-state index is 11.7. The SMILES string of the molecule is CCCCCCCCCCCCOCCOCCOCCOCCCC(=O)OCCCCCCCCC. The molecule has 222 valence electrons.